The van der Waals surface area contributed by atoms with Gasteiger partial charge in [-0.15, -0.1) is 6.58 Å². The number of hydrogen-bond acceptors (Lipinski definition) is 7. The average Bonchev–Trinajstić information content (AvgIpc) is 3.26. The summed E-state index contributed by atoms with van der Waals surface area (Å²) in [4.78, 5) is 24.4. The van der Waals surface area contributed by atoms with Crippen LogP contribution in [0.5, 0.6) is 5.75 Å². The van der Waals surface area contributed by atoms with Gasteiger partial charge in [0.1, 0.15) is 5.75 Å². The number of hydrogen-bond donors (Lipinski definition) is 2. The van der Waals surface area contributed by atoms with E-state index >= 15 is 0 Å². The van der Waals surface area contributed by atoms with E-state index in [9.17, 15) is 19.8 Å². The zero-order valence-electron chi connectivity index (χ0n) is 36.4. The predicted molar refractivity (Wildman–Crippen MR) is 241 cm³/mol. The van der Waals surface area contributed by atoms with Crippen LogP contribution in [0.3, 0.4) is 0 Å². The summed E-state index contributed by atoms with van der Waals surface area (Å²) in [6.07, 6.45) is 14.4. The number of aliphatic hydroxyl groups excluding tert-OH is 2. The number of carbonyl (C=O) groups excluding carboxylic acids is 2. The second-order valence-corrected chi connectivity index (χ2v) is 16.7. The quantitative estimate of drug-likeness (QED) is 0.0380. The van der Waals surface area contributed by atoms with Gasteiger partial charge in [-0.1, -0.05) is 94.8 Å². The van der Waals surface area contributed by atoms with E-state index in [-0.39, 0.29) is 26.4 Å². The van der Waals surface area contributed by atoms with Crippen LogP contribution in [0.15, 0.2) is 91.6 Å². The van der Waals surface area contributed by atoms with Crippen molar-refractivity contribution >= 4 is 11.9 Å². The summed E-state index contributed by atoms with van der Waals surface area (Å²) in [5.41, 5.74) is 9.29. The Morgan fingerprint density at radius 3 is 1.78 bits per heavy atom. The van der Waals surface area contributed by atoms with E-state index in [1.54, 1.807) is 13.8 Å². The highest BCUT2D eigenvalue weighted by Crippen LogP contribution is 2.39. The summed E-state index contributed by atoms with van der Waals surface area (Å²) in [6, 6.07) is 20.3. The second-order valence-electron chi connectivity index (χ2n) is 16.7. The molecule has 0 bridgehead atoms. The highest BCUT2D eigenvalue weighted by atomic mass is 16.5. The highest BCUT2D eigenvalue weighted by Gasteiger charge is 2.29. The lowest BCUT2D eigenvalue weighted by atomic mass is 9.78. The van der Waals surface area contributed by atoms with Gasteiger partial charge in [-0.05, 0) is 153 Å². The number of benzene rings is 3. The van der Waals surface area contributed by atoms with Crippen molar-refractivity contribution in [1.82, 2.24) is 0 Å². The van der Waals surface area contributed by atoms with Gasteiger partial charge in [0.25, 0.3) is 0 Å². The van der Waals surface area contributed by atoms with Crippen LogP contribution in [0.4, 0.5) is 0 Å². The standard InChI is InChI=1S/C52H70O7/c1-8-11-12-27-52(35-53,36-54)28-31-57-49-45(15-13-29-58-50(55)37(4)5)33-47(34-46(49)16-14-30-59-51(56)38(6)7)48-26-25-44(32-40(48)10-3)43-23-21-42(22-24-43)41-19-17-39(9-2)18-20-41/h9,21-26,32-34,39,41,53-54H,2,4,6,8,10-20,27-31,35-36H2,1,3,5,7H3. The molecular formula is C52H70O7. The van der Waals surface area contributed by atoms with E-state index < -0.39 is 17.4 Å². The predicted octanol–water partition coefficient (Wildman–Crippen LogP) is 11.5. The monoisotopic (exact) mass is 807 g/mol. The Kier molecular flexibility index (Phi) is 19.2. The van der Waals surface area contributed by atoms with E-state index in [1.807, 2.05) is 0 Å². The minimum Gasteiger partial charge on any atom is -0.493 e. The highest BCUT2D eigenvalue weighted by molar-refractivity contribution is 5.87. The fourth-order valence-electron chi connectivity index (χ4n) is 8.16. The molecule has 0 heterocycles. The molecule has 0 aliphatic heterocycles. The number of carbonyl (C=O) groups is 2. The van der Waals surface area contributed by atoms with E-state index in [0.29, 0.717) is 61.7 Å². The summed E-state index contributed by atoms with van der Waals surface area (Å²) >= 11 is 0. The maximum Gasteiger partial charge on any atom is 0.333 e. The Hall–Kier alpha value is -4.46. The maximum absolute atomic E-state index is 12.2. The average molecular weight is 807 g/mol. The molecule has 3 aromatic carbocycles. The van der Waals surface area contributed by atoms with Crippen molar-refractivity contribution < 1.29 is 34.0 Å². The van der Waals surface area contributed by atoms with Gasteiger partial charge in [-0.2, -0.15) is 0 Å². The van der Waals surface area contributed by atoms with Crippen LogP contribution in [0, 0.1) is 11.3 Å². The molecule has 4 rings (SSSR count). The number of allylic oxidation sites excluding steroid dienone is 1. The minimum absolute atomic E-state index is 0.117. The first kappa shape index (κ1) is 47.2. The van der Waals surface area contributed by atoms with E-state index in [2.05, 4.69) is 94.3 Å². The molecular weight excluding hydrogens is 737 g/mol. The van der Waals surface area contributed by atoms with Gasteiger partial charge in [0.15, 0.2) is 0 Å². The van der Waals surface area contributed by atoms with Crippen molar-refractivity contribution in [3.63, 3.8) is 0 Å². The van der Waals surface area contributed by atoms with Crippen LogP contribution in [-0.2, 0) is 38.3 Å². The van der Waals surface area contributed by atoms with Crippen LogP contribution in [0.1, 0.15) is 126 Å². The molecule has 0 spiro atoms. The number of rotatable bonds is 25. The molecule has 1 aliphatic rings. The fraction of sp³-hybridized carbons (Fsp3) is 0.500. The number of esters is 2. The Morgan fingerprint density at radius 2 is 1.27 bits per heavy atom. The van der Waals surface area contributed by atoms with Crippen LogP contribution in [-0.4, -0.2) is 55.2 Å². The van der Waals surface area contributed by atoms with Crippen molar-refractivity contribution in [3.8, 4) is 28.0 Å². The summed E-state index contributed by atoms with van der Waals surface area (Å²) in [7, 11) is 0. The van der Waals surface area contributed by atoms with E-state index in [0.717, 1.165) is 60.1 Å². The molecule has 3 aromatic rings. The molecule has 0 amide bonds. The van der Waals surface area contributed by atoms with E-state index in [1.165, 1.54) is 47.9 Å². The molecule has 1 aliphatic carbocycles. The third-order valence-corrected chi connectivity index (χ3v) is 12.1. The van der Waals surface area contributed by atoms with Crippen molar-refractivity contribution in [2.45, 2.75) is 124 Å². The third kappa shape index (κ3) is 13.8. The molecule has 59 heavy (non-hydrogen) atoms. The summed E-state index contributed by atoms with van der Waals surface area (Å²) in [6.45, 7) is 19.6. The van der Waals surface area contributed by atoms with E-state index in [4.69, 9.17) is 14.2 Å². The zero-order chi connectivity index (χ0) is 42.8. The van der Waals surface area contributed by atoms with Gasteiger partial charge < -0.3 is 24.4 Å². The van der Waals surface area contributed by atoms with Crippen LogP contribution in [0.25, 0.3) is 22.3 Å². The van der Waals surface area contributed by atoms with Crippen molar-refractivity contribution in [2.75, 3.05) is 33.0 Å². The molecule has 0 unspecified atom stereocenters. The molecule has 0 aromatic heterocycles. The lowest BCUT2D eigenvalue weighted by Gasteiger charge is -2.30. The molecule has 7 heteroatoms. The molecule has 0 atom stereocenters. The SMILES string of the molecule is C=CC1CCC(c2ccc(-c3ccc(-c4cc(CCCOC(=O)C(=C)C)c(OCCC(CO)(CO)CCCCC)c(CCCOC(=O)C(=C)C)c4)c(CC)c3)cc2)CC1. The first-order valence-corrected chi connectivity index (χ1v) is 22.0. The fourth-order valence-corrected chi connectivity index (χ4v) is 8.16. The summed E-state index contributed by atoms with van der Waals surface area (Å²) in [5, 5.41) is 20.8. The number of unbranched alkanes of at least 4 members (excludes halogenated alkanes) is 2. The molecule has 1 saturated carbocycles. The van der Waals surface area contributed by atoms with Gasteiger partial charge in [0.05, 0.1) is 33.0 Å². The van der Waals surface area contributed by atoms with Crippen molar-refractivity contribution in [2.24, 2.45) is 11.3 Å². The van der Waals surface area contributed by atoms with Gasteiger partial charge in [0.2, 0.25) is 0 Å². The molecule has 7 nitrogen and oxygen atoms in total. The Balaban J connectivity index is 1.69. The van der Waals surface area contributed by atoms with Gasteiger partial charge in [-0.25, -0.2) is 9.59 Å². The lowest BCUT2D eigenvalue weighted by molar-refractivity contribution is -0.139. The number of aliphatic hydroxyl groups is 2. The topological polar surface area (TPSA) is 102 Å². The molecule has 0 radical (unpaired) electrons. The molecule has 1 fully saturated rings. The van der Waals surface area contributed by atoms with Gasteiger partial charge in [-0.3, -0.25) is 0 Å². The largest absolute Gasteiger partial charge is 0.493 e. The number of aryl methyl sites for hydroxylation is 3. The molecule has 0 saturated heterocycles. The maximum atomic E-state index is 12.2. The van der Waals surface area contributed by atoms with Crippen LogP contribution < -0.4 is 4.74 Å². The molecule has 320 valence electrons. The Morgan fingerprint density at radius 1 is 0.712 bits per heavy atom. The molecule has 2 N–H and O–H groups in total. The third-order valence-electron chi connectivity index (χ3n) is 12.1. The van der Waals surface area contributed by atoms with Gasteiger partial charge >= 0.3 is 11.9 Å². The lowest BCUT2D eigenvalue weighted by Crippen LogP contribution is -2.32. The van der Waals surface area contributed by atoms with Gasteiger partial charge in [0, 0.05) is 16.6 Å². The Bertz CT molecular complexity index is 1790. The Labute approximate surface area is 354 Å². The van der Waals surface area contributed by atoms with Crippen molar-refractivity contribution in [3.05, 3.63) is 114 Å². The summed E-state index contributed by atoms with van der Waals surface area (Å²) < 4.78 is 17.6. The smallest absolute Gasteiger partial charge is 0.333 e. The summed E-state index contributed by atoms with van der Waals surface area (Å²) in [5.74, 6) is 1.18. The second kappa shape index (κ2) is 24.0. The van der Waals surface area contributed by atoms with Crippen molar-refractivity contribution in [1.29, 1.82) is 0 Å². The first-order chi connectivity index (χ1) is 28.5. The normalized spacial score (nSPS) is 15.4. The first-order valence-electron chi connectivity index (χ1n) is 22.0. The minimum atomic E-state index is -0.633. The zero-order valence-corrected chi connectivity index (χ0v) is 36.4. The van der Waals surface area contributed by atoms with Crippen LogP contribution >= 0.6 is 0 Å². The van der Waals surface area contributed by atoms with Crippen LogP contribution in [0.2, 0.25) is 0 Å². The number of ether oxygens (including phenoxy) is 3.